The normalized spacial score (nSPS) is 11.0. The molecule has 0 saturated heterocycles. The van der Waals surface area contributed by atoms with Gasteiger partial charge in [0.15, 0.2) is 0 Å². The molecule has 1 rings (SSSR count). The number of nitrogens with two attached hydrogens (primary N) is 1. The van der Waals surface area contributed by atoms with E-state index in [4.69, 9.17) is 5.73 Å². The second-order valence-electron chi connectivity index (χ2n) is 4.18. The van der Waals surface area contributed by atoms with Crippen molar-refractivity contribution in [2.45, 2.75) is 19.3 Å². The fraction of sp³-hybridized carbons (Fsp3) is 0.538. The van der Waals surface area contributed by atoms with Gasteiger partial charge in [0.05, 0.1) is 0 Å². The van der Waals surface area contributed by atoms with Gasteiger partial charge in [-0.05, 0) is 57.1 Å². The molecular weight excluding hydrogens is 203 g/mol. The van der Waals surface area contributed by atoms with Crippen LogP contribution >= 0.6 is 0 Å². The third kappa shape index (κ3) is 5.24. The molecule has 0 spiro atoms. The van der Waals surface area contributed by atoms with Crippen molar-refractivity contribution in [2.75, 3.05) is 26.7 Å². The van der Waals surface area contributed by atoms with Crippen LogP contribution in [0.3, 0.4) is 0 Å². The van der Waals surface area contributed by atoms with Gasteiger partial charge in [0, 0.05) is 6.54 Å². The molecule has 2 nitrogen and oxygen atoms in total. The smallest absolute Gasteiger partial charge is 0.123 e. The Morgan fingerprint density at radius 1 is 1.12 bits per heavy atom. The highest BCUT2D eigenvalue weighted by Crippen LogP contribution is 2.04. The molecule has 0 unspecified atom stereocenters. The number of likely N-dealkylation sites (N-methyl/N-ethyl adjacent to an activating group) is 1. The quantitative estimate of drug-likeness (QED) is 0.718. The zero-order valence-electron chi connectivity index (χ0n) is 9.95. The summed E-state index contributed by atoms with van der Waals surface area (Å²) >= 11 is 0. The molecule has 16 heavy (non-hydrogen) atoms. The Kier molecular flexibility index (Phi) is 6.04. The Morgan fingerprint density at radius 3 is 2.44 bits per heavy atom. The summed E-state index contributed by atoms with van der Waals surface area (Å²) < 4.78 is 12.7. The maximum Gasteiger partial charge on any atom is 0.123 e. The number of benzene rings is 1. The Bertz CT molecular complexity index is 284. The van der Waals surface area contributed by atoms with Crippen molar-refractivity contribution in [3.63, 3.8) is 0 Å². The minimum absolute atomic E-state index is 0.167. The minimum Gasteiger partial charge on any atom is -0.330 e. The molecule has 0 saturated carbocycles. The van der Waals surface area contributed by atoms with Crippen molar-refractivity contribution in [1.82, 2.24) is 4.90 Å². The van der Waals surface area contributed by atoms with E-state index in [0.717, 1.165) is 38.9 Å². The van der Waals surface area contributed by atoms with Crippen molar-refractivity contribution in [1.29, 1.82) is 0 Å². The highest BCUT2D eigenvalue weighted by molar-refractivity contribution is 5.16. The predicted molar refractivity (Wildman–Crippen MR) is 65.9 cm³/mol. The van der Waals surface area contributed by atoms with Gasteiger partial charge in [0.2, 0.25) is 0 Å². The average molecular weight is 224 g/mol. The second kappa shape index (κ2) is 7.36. The molecule has 0 radical (unpaired) electrons. The minimum atomic E-state index is -0.167. The van der Waals surface area contributed by atoms with E-state index in [0.29, 0.717) is 0 Å². The van der Waals surface area contributed by atoms with Gasteiger partial charge in [0.25, 0.3) is 0 Å². The zero-order valence-corrected chi connectivity index (χ0v) is 9.95. The highest BCUT2D eigenvalue weighted by atomic mass is 19.1. The molecule has 0 aliphatic rings. The first-order valence-electron chi connectivity index (χ1n) is 5.85. The Morgan fingerprint density at radius 2 is 1.81 bits per heavy atom. The van der Waals surface area contributed by atoms with Crippen LogP contribution in [0.25, 0.3) is 0 Å². The number of rotatable bonds is 7. The molecule has 2 N–H and O–H groups in total. The molecule has 1 aromatic carbocycles. The molecule has 0 aliphatic heterocycles. The first-order chi connectivity index (χ1) is 7.72. The monoisotopic (exact) mass is 224 g/mol. The van der Waals surface area contributed by atoms with Crippen molar-refractivity contribution in [3.05, 3.63) is 35.6 Å². The topological polar surface area (TPSA) is 29.3 Å². The summed E-state index contributed by atoms with van der Waals surface area (Å²) in [5.41, 5.74) is 6.63. The van der Waals surface area contributed by atoms with E-state index < -0.39 is 0 Å². The Labute approximate surface area is 97.3 Å². The van der Waals surface area contributed by atoms with Crippen LogP contribution in [-0.4, -0.2) is 31.6 Å². The number of hydrogen-bond donors (Lipinski definition) is 1. The molecule has 3 heteroatoms. The summed E-state index contributed by atoms with van der Waals surface area (Å²) in [4.78, 5) is 2.29. The van der Waals surface area contributed by atoms with Gasteiger partial charge < -0.3 is 10.6 Å². The lowest BCUT2D eigenvalue weighted by atomic mass is 10.1. The maximum atomic E-state index is 12.7. The largest absolute Gasteiger partial charge is 0.330 e. The first kappa shape index (κ1) is 13.1. The Hall–Kier alpha value is -0.930. The molecule has 1 aromatic rings. The molecule has 0 atom stereocenters. The van der Waals surface area contributed by atoms with Crippen molar-refractivity contribution in [2.24, 2.45) is 5.73 Å². The van der Waals surface area contributed by atoms with E-state index in [9.17, 15) is 4.39 Å². The van der Waals surface area contributed by atoms with Crippen molar-refractivity contribution >= 4 is 0 Å². The van der Waals surface area contributed by atoms with E-state index >= 15 is 0 Å². The molecule has 0 heterocycles. The third-order valence-electron chi connectivity index (χ3n) is 2.69. The number of halogens is 1. The fourth-order valence-electron chi connectivity index (χ4n) is 1.61. The van der Waals surface area contributed by atoms with Crippen molar-refractivity contribution < 1.29 is 4.39 Å². The van der Waals surface area contributed by atoms with E-state index in [1.807, 2.05) is 12.1 Å². The van der Waals surface area contributed by atoms with Crippen LogP contribution < -0.4 is 5.73 Å². The van der Waals surface area contributed by atoms with E-state index in [1.165, 1.54) is 17.7 Å². The van der Waals surface area contributed by atoms with E-state index in [2.05, 4.69) is 11.9 Å². The fourth-order valence-corrected chi connectivity index (χ4v) is 1.61. The summed E-state index contributed by atoms with van der Waals surface area (Å²) in [6, 6.07) is 6.74. The van der Waals surface area contributed by atoms with Crippen LogP contribution in [0, 0.1) is 5.82 Å². The lowest BCUT2D eigenvalue weighted by molar-refractivity contribution is 0.331. The lowest BCUT2D eigenvalue weighted by Crippen LogP contribution is -2.23. The summed E-state index contributed by atoms with van der Waals surface area (Å²) in [6.45, 7) is 2.86. The van der Waals surface area contributed by atoms with E-state index in [1.54, 1.807) is 0 Å². The number of unbranched alkanes of at least 4 members (excludes halogenated alkanes) is 1. The van der Waals surface area contributed by atoms with Crippen LogP contribution in [0.2, 0.25) is 0 Å². The number of nitrogens with zero attached hydrogens (tertiary/aromatic N) is 1. The number of hydrogen-bond acceptors (Lipinski definition) is 2. The van der Waals surface area contributed by atoms with Crippen LogP contribution in [-0.2, 0) is 6.42 Å². The highest BCUT2D eigenvalue weighted by Gasteiger charge is 1.99. The van der Waals surface area contributed by atoms with Crippen LogP contribution in [0.1, 0.15) is 18.4 Å². The lowest BCUT2D eigenvalue weighted by Gasteiger charge is -2.16. The summed E-state index contributed by atoms with van der Waals surface area (Å²) in [5.74, 6) is -0.167. The predicted octanol–water partition coefficient (Wildman–Crippen LogP) is 2.04. The van der Waals surface area contributed by atoms with Gasteiger partial charge in [-0.25, -0.2) is 4.39 Å². The molecule has 0 aliphatic carbocycles. The zero-order chi connectivity index (χ0) is 11.8. The van der Waals surface area contributed by atoms with Crippen molar-refractivity contribution in [3.8, 4) is 0 Å². The summed E-state index contributed by atoms with van der Waals surface area (Å²) in [5, 5.41) is 0. The summed E-state index contributed by atoms with van der Waals surface area (Å²) in [7, 11) is 2.11. The van der Waals surface area contributed by atoms with Crippen LogP contribution in [0.4, 0.5) is 4.39 Å². The second-order valence-corrected chi connectivity index (χ2v) is 4.18. The molecule has 0 amide bonds. The first-order valence-corrected chi connectivity index (χ1v) is 5.85. The summed E-state index contributed by atoms with van der Waals surface area (Å²) in [6.07, 6.45) is 3.21. The van der Waals surface area contributed by atoms with Crippen LogP contribution in [0.5, 0.6) is 0 Å². The van der Waals surface area contributed by atoms with Gasteiger partial charge in [-0.2, -0.15) is 0 Å². The standard InChI is InChI=1S/C13H21FN2/c1-16(10-3-2-9-15)11-8-12-4-6-13(14)7-5-12/h4-7H,2-3,8-11,15H2,1H3. The molecular formula is C13H21FN2. The third-order valence-corrected chi connectivity index (χ3v) is 2.69. The van der Waals surface area contributed by atoms with Gasteiger partial charge >= 0.3 is 0 Å². The van der Waals surface area contributed by atoms with Gasteiger partial charge in [-0.15, -0.1) is 0 Å². The average Bonchev–Trinajstić information content (AvgIpc) is 2.29. The van der Waals surface area contributed by atoms with Gasteiger partial charge in [-0.1, -0.05) is 12.1 Å². The van der Waals surface area contributed by atoms with Gasteiger partial charge in [-0.3, -0.25) is 0 Å². The van der Waals surface area contributed by atoms with Gasteiger partial charge in [0.1, 0.15) is 5.82 Å². The molecule has 0 aromatic heterocycles. The Balaban J connectivity index is 2.20. The SMILES string of the molecule is CN(CCCCN)CCc1ccc(F)cc1. The van der Waals surface area contributed by atoms with E-state index in [-0.39, 0.29) is 5.82 Å². The molecule has 0 fully saturated rings. The maximum absolute atomic E-state index is 12.7. The molecule has 0 bridgehead atoms. The van der Waals surface area contributed by atoms with Crippen LogP contribution in [0.15, 0.2) is 24.3 Å². The molecule has 90 valence electrons.